The van der Waals surface area contributed by atoms with Crippen LogP contribution in [-0.4, -0.2) is 15.0 Å². The zero-order chi connectivity index (χ0) is 38.8. The molecule has 0 saturated heterocycles. The maximum Gasteiger partial charge on any atom is 0.164 e. The van der Waals surface area contributed by atoms with Gasteiger partial charge in [-0.25, -0.2) is 15.0 Å². The molecule has 1 aromatic heterocycles. The fraction of sp³-hybridized carbons (Fsp3) is 0. The second kappa shape index (κ2) is 14.9. The highest BCUT2D eigenvalue weighted by molar-refractivity contribution is 6.11. The molecule has 0 aliphatic heterocycles. The van der Waals surface area contributed by atoms with Crippen LogP contribution in [0.2, 0.25) is 0 Å². The van der Waals surface area contributed by atoms with E-state index >= 15 is 0 Å². The first-order valence-corrected chi connectivity index (χ1v) is 19.3. The minimum Gasteiger partial charge on any atom is -0.208 e. The van der Waals surface area contributed by atoms with E-state index in [0.717, 1.165) is 38.9 Å². The van der Waals surface area contributed by atoms with Crippen molar-refractivity contribution in [1.82, 2.24) is 15.0 Å². The van der Waals surface area contributed by atoms with Gasteiger partial charge in [-0.1, -0.05) is 194 Å². The number of nitriles is 1. The van der Waals surface area contributed by atoms with Gasteiger partial charge in [0.2, 0.25) is 0 Å². The Hall–Kier alpha value is -8.00. The molecule has 0 bridgehead atoms. The highest BCUT2D eigenvalue weighted by atomic mass is 15.0. The summed E-state index contributed by atoms with van der Waals surface area (Å²) in [5, 5.41) is 14.0. The minimum atomic E-state index is 0.629. The van der Waals surface area contributed by atoms with Crippen molar-refractivity contribution in [3.63, 3.8) is 0 Å². The van der Waals surface area contributed by atoms with Gasteiger partial charge in [-0.3, -0.25) is 0 Å². The Bertz CT molecular complexity index is 3070. The summed E-state index contributed by atoms with van der Waals surface area (Å²) >= 11 is 0. The summed E-state index contributed by atoms with van der Waals surface area (Å²) in [5.41, 5.74) is 12.6. The van der Waals surface area contributed by atoms with Crippen molar-refractivity contribution in [1.29, 1.82) is 5.26 Å². The van der Waals surface area contributed by atoms with Crippen molar-refractivity contribution in [2.24, 2.45) is 0 Å². The molecule has 0 aliphatic rings. The molecule has 10 aromatic rings. The lowest BCUT2D eigenvalue weighted by atomic mass is 9.86. The maximum atomic E-state index is 9.23. The van der Waals surface area contributed by atoms with Gasteiger partial charge in [-0.05, 0) is 78.2 Å². The number of nitrogens with zero attached hydrogens (tertiary/aromatic N) is 4. The molecule has 0 amide bonds. The number of aromatic nitrogens is 3. The average Bonchev–Trinajstić information content (AvgIpc) is 3.31. The Balaban J connectivity index is 1.07. The lowest BCUT2D eigenvalue weighted by Crippen LogP contribution is -2.00. The zero-order valence-electron chi connectivity index (χ0n) is 31.4. The van der Waals surface area contributed by atoms with E-state index in [1.165, 1.54) is 43.8 Å². The van der Waals surface area contributed by atoms with Gasteiger partial charge >= 0.3 is 0 Å². The summed E-state index contributed by atoms with van der Waals surface area (Å²) in [4.78, 5) is 14.8. The van der Waals surface area contributed by atoms with Crippen LogP contribution in [0.15, 0.2) is 206 Å². The summed E-state index contributed by atoms with van der Waals surface area (Å²) in [6.45, 7) is 0. The number of hydrogen-bond donors (Lipinski definition) is 0. The molecule has 10 rings (SSSR count). The highest BCUT2D eigenvalue weighted by Crippen LogP contribution is 2.43. The van der Waals surface area contributed by atoms with Crippen LogP contribution in [0.25, 0.3) is 100 Å². The third kappa shape index (κ3) is 6.47. The van der Waals surface area contributed by atoms with Gasteiger partial charge in [0.15, 0.2) is 17.5 Å². The number of rotatable bonds is 7. The van der Waals surface area contributed by atoms with Crippen molar-refractivity contribution in [3.8, 4) is 84.7 Å². The predicted molar refractivity (Wildman–Crippen MR) is 238 cm³/mol. The van der Waals surface area contributed by atoms with E-state index in [1.807, 2.05) is 84.9 Å². The van der Waals surface area contributed by atoms with Gasteiger partial charge in [0.25, 0.3) is 0 Å². The fourth-order valence-corrected chi connectivity index (χ4v) is 7.90. The van der Waals surface area contributed by atoms with Crippen LogP contribution in [0.5, 0.6) is 0 Å². The van der Waals surface area contributed by atoms with Gasteiger partial charge in [0.1, 0.15) is 0 Å². The molecule has 9 aromatic carbocycles. The Kier molecular flexibility index (Phi) is 8.87. The molecule has 0 spiro atoms. The minimum absolute atomic E-state index is 0.629. The van der Waals surface area contributed by atoms with Crippen molar-refractivity contribution < 1.29 is 0 Å². The largest absolute Gasteiger partial charge is 0.208 e. The van der Waals surface area contributed by atoms with E-state index in [2.05, 4.69) is 127 Å². The lowest BCUT2D eigenvalue weighted by molar-refractivity contribution is 1.07. The van der Waals surface area contributed by atoms with Crippen molar-refractivity contribution in [2.75, 3.05) is 0 Å². The molecule has 4 nitrogen and oxygen atoms in total. The molecule has 0 fully saturated rings. The van der Waals surface area contributed by atoms with Crippen LogP contribution in [0.1, 0.15) is 5.56 Å². The molecule has 0 N–H and O–H groups in total. The van der Waals surface area contributed by atoms with Crippen molar-refractivity contribution in [2.45, 2.75) is 0 Å². The number of hydrogen-bond acceptors (Lipinski definition) is 4. The Morgan fingerprint density at radius 1 is 0.293 bits per heavy atom. The van der Waals surface area contributed by atoms with Crippen LogP contribution >= 0.6 is 0 Å². The molecule has 58 heavy (non-hydrogen) atoms. The average molecular weight is 739 g/mol. The maximum absolute atomic E-state index is 9.23. The molecule has 4 heteroatoms. The SMILES string of the molecule is N#Cc1ccc(-c2ccc(-c3ccc(-c4ccc5ccccc5c4-c4ccc(-c5nc(-c6ccccc6)nc(-c6ccccc6)n5)cc4)c4ccccc34)cc2)cc1. The third-order valence-electron chi connectivity index (χ3n) is 10.8. The Labute approximate surface area is 337 Å². The molecule has 0 unspecified atom stereocenters. The van der Waals surface area contributed by atoms with E-state index in [9.17, 15) is 5.26 Å². The van der Waals surface area contributed by atoms with E-state index in [0.29, 0.717) is 23.0 Å². The first kappa shape index (κ1) is 34.5. The lowest BCUT2D eigenvalue weighted by Gasteiger charge is -2.18. The van der Waals surface area contributed by atoms with E-state index in [-0.39, 0.29) is 0 Å². The zero-order valence-corrected chi connectivity index (χ0v) is 31.4. The number of fused-ring (bicyclic) bond motifs is 2. The normalized spacial score (nSPS) is 11.1. The standard InChI is InChI=1S/C54H34N4/c55-35-36-19-21-37(22-20-36)38-23-25-40(26-24-38)45-33-34-49(48-18-10-9-17-47(45)48)50-32-31-39-11-7-8-16-46(39)51(50)41-27-29-44(30-28-41)54-57-52(42-12-3-1-4-13-42)56-53(58-54)43-14-5-2-6-15-43/h1-34H. The summed E-state index contributed by atoms with van der Waals surface area (Å²) in [5.74, 6) is 1.91. The van der Waals surface area contributed by atoms with Gasteiger partial charge in [-0.15, -0.1) is 0 Å². The Morgan fingerprint density at radius 3 is 1.29 bits per heavy atom. The van der Waals surface area contributed by atoms with Crippen LogP contribution in [0, 0.1) is 11.3 Å². The molecular formula is C54H34N4. The molecule has 0 aliphatic carbocycles. The molecule has 0 atom stereocenters. The third-order valence-corrected chi connectivity index (χ3v) is 10.8. The molecule has 0 saturated carbocycles. The van der Waals surface area contributed by atoms with Gasteiger partial charge in [-0.2, -0.15) is 5.26 Å². The monoisotopic (exact) mass is 738 g/mol. The fourth-order valence-electron chi connectivity index (χ4n) is 7.90. The van der Waals surface area contributed by atoms with Gasteiger partial charge in [0.05, 0.1) is 11.6 Å². The van der Waals surface area contributed by atoms with E-state index < -0.39 is 0 Å². The first-order chi connectivity index (χ1) is 28.7. The molecular weight excluding hydrogens is 705 g/mol. The second-order valence-electron chi connectivity index (χ2n) is 14.3. The second-order valence-corrected chi connectivity index (χ2v) is 14.3. The molecule has 270 valence electrons. The summed E-state index contributed by atoms with van der Waals surface area (Å²) in [6.07, 6.45) is 0. The smallest absolute Gasteiger partial charge is 0.164 e. The van der Waals surface area contributed by atoms with Crippen LogP contribution in [0.4, 0.5) is 0 Å². The van der Waals surface area contributed by atoms with Crippen molar-refractivity contribution in [3.05, 3.63) is 212 Å². The summed E-state index contributed by atoms with van der Waals surface area (Å²) in [6, 6.07) is 73.8. The molecule has 1 heterocycles. The topological polar surface area (TPSA) is 62.5 Å². The quantitative estimate of drug-likeness (QED) is 0.163. The van der Waals surface area contributed by atoms with Gasteiger partial charge < -0.3 is 0 Å². The predicted octanol–water partition coefficient (Wildman–Crippen LogP) is 13.7. The molecule has 0 radical (unpaired) electrons. The van der Waals surface area contributed by atoms with E-state index in [4.69, 9.17) is 15.0 Å². The van der Waals surface area contributed by atoms with Crippen molar-refractivity contribution >= 4 is 21.5 Å². The summed E-state index contributed by atoms with van der Waals surface area (Å²) < 4.78 is 0. The number of benzene rings is 9. The summed E-state index contributed by atoms with van der Waals surface area (Å²) in [7, 11) is 0. The van der Waals surface area contributed by atoms with Gasteiger partial charge in [0, 0.05) is 16.7 Å². The Morgan fingerprint density at radius 2 is 0.707 bits per heavy atom. The van der Waals surface area contributed by atoms with Crippen LogP contribution in [-0.2, 0) is 0 Å². The highest BCUT2D eigenvalue weighted by Gasteiger charge is 2.18. The van der Waals surface area contributed by atoms with Crippen LogP contribution < -0.4 is 0 Å². The first-order valence-electron chi connectivity index (χ1n) is 19.3. The van der Waals surface area contributed by atoms with E-state index in [1.54, 1.807) is 0 Å². The van der Waals surface area contributed by atoms with Crippen LogP contribution in [0.3, 0.4) is 0 Å².